The molecule has 2 saturated heterocycles. The van der Waals surface area contributed by atoms with E-state index in [1.54, 1.807) is 0 Å². The lowest BCUT2D eigenvalue weighted by Gasteiger charge is -2.20. The van der Waals surface area contributed by atoms with E-state index in [2.05, 4.69) is 0 Å². The van der Waals surface area contributed by atoms with Gasteiger partial charge >= 0.3 is 11.9 Å². The van der Waals surface area contributed by atoms with Crippen LogP contribution in [0.4, 0.5) is 0 Å². The number of benzene rings is 3. The van der Waals surface area contributed by atoms with Gasteiger partial charge in [0.25, 0.3) is 0 Å². The molecule has 2 aliphatic heterocycles. The molecule has 4 atom stereocenters. The zero-order chi connectivity index (χ0) is 28.6. The number of phenolic OH excluding ortho intramolecular Hbond substituents is 4. The first-order valence-corrected chi connectivity index (χ1v) is 12.4. The summed E-state index contributed by atoms with van der Waals surface area (Å²) in [5.41, 5.74) is 0.149. The number of aromatic hydroxyl groups is 4. The highest BCUT2D eigenvalue weighted by atomic mass is 16.6. The molecule has 2 fully saturated rings. The molecule has 0 aromatic heterocycles. The molecule has 0 bridgehead atoms. The Bertz CT molecular complexity index is 1390. The first-order chi connectivity index (χ1) is 19.1. The second-order valence-corrected chi connectivity index (χ2v) is 9.37. The maximum atomic E-state index is 12.9. The van der Waals surface area contributed by atoms with Crippen LogP contribution >= 0.6 is 0 Å². The number of phenols is 4. The van der Waals surface area contributed by atoms with Crippen molar-refractivity contribution in [3.63, 3.8) is 0 Å². The van der Waals surface area contributed by atoms with Gasteiger partial charge < -0.3 is 39.4 Å². The van der Waals surface area contributed by atoms with Gasteiger partial charge in [-0.15, -0.1) is 0 Å². The van der Waals surface area contributed by atoms with Gasteiger partial charge in [0, 0.05) is 12.2 Å². The number of esters is 2. The summed E-state index contributed by atoms with van der Waals surface area (Å²) in [6, 6.07) is 11.0. The van der Waals surface area contributed by atoms with Gasteiger partial charge in [-0.2, -0.15) is 0 Å². The van der Waals surface area contributed by atoms with Crippen molar-refractivity contribution in [3.8, 4) is 56.8 Å². The van der Waals surface area contributed by atoms with Crippen molar-refractivity contribution in [1.29, 1.82) is 0 Å². The molecule has 40 heavy (non-hydrogen) atoms. The quantitative estimate of drug-likeness (QED) is 0.105. The van der Waals surface area contributed by atoms with Gasteiger partial charge in [0.1, 0.15) is 23.7 Å². The lowest BCUT2D eigenvalue weighted by Crippen LogP contribution is -2.12. The van der Waals surface area contributed by atoms with Crippen molar-refractivity contribution in [3.05, 3.63) is 72.8 Å². The monoisotopic (exact) mass is 546 g/mol. The minimum Gasteiger partial charge on any atom is -0.508 e. The molecule has 2 aliphatic rings. The first-order valence-electron chi connectivity index (χ1n) is 12.4. The van der Waals surface area contributed by atoms with Gasteiger partial charge in [0.15, 0.2) is 23.0 Å². The van der Waals surface area contributed by atoms with Gasteiger partial charge in [0.05, 0.1) is 23.3 Å². The second kappa shape index (κ2) is 10.8. The van der Waals surface area contributed by atoms with Crippen LogP contribution in [0.15, 0.2) is 72.8 Å². The maximum Gasteiger partial charge on any atom is 0.336 e. The molecule has 3 aromatic rings. The Kier molecular flexibility index (Phi) is 7.20. The molecular formula is C30H26O10. The van der Waals surface area contributed by atoms with E-state index in [1.165, 1.54) is 60.7 Å². The second-order valence-electron chi connectivity index (χ2n) is 9.37. The summed E-state index contributed by atoms with van der Waals surface area (Å²) in [6.07, 6.45) is 4.73. The Balaban J connectivity index is 1.68. The summed E-state index contributed by atoms with van der Waals surface area (Å²) in [6.45, 7) is 3.67. The van der Waals surface area contributed by atoms with E-state index in [0.717, 1.165) is 12.2 Å². The molecule has 10 nitrogen and oxygen atoms in total. The number of epoxide rings is 2. The molecule has 0 saturated carbocycles. The average Bonchev–Trinajstić information content (AvgIpc) is 3.83. The molecule has 0 unspecified atom stereocenters. The van der Waals surface area contributed by atoms with Crippen LogP contribution in [0.3, 0.4) is 0 Å². The summed E-state index contributed by atoms with van der Waals surface area (Å²) in [4.78, 5) is 25.8. The third kappa shape index (κ3) is 5.78. The molecule has 5 rings (SSSR count). The predicted octanol–water partition coefficient (Wildman–Crippen LogP) is 4.34. The van der Waals surface area contributed by atoms with Crippen molar-refractivity contribution in [2.24, 2.45) is 0 Å². The molecule has 0 spiro atoms. The Morgan fingerprint density at radius 2 is 0.975 bits per heavy atom. The third-order valence-electron chi connectivity index (χ3n) is 6.44. The van der Waals surface area contributed by atoms with Crippen molar-refractivity contribution in [2.45, 2.75) is 38.3 Å². The van der Waals surface area contributed by atoms with E-state index >= 15 is 0 Å². The number of hydrogen-bond acceptors (Lipinski definition) is 10. The molecule has 10 heteroatoms. The Hall–Kier alpha value is -4.80. The molecular weight excluding hydrogens is 520 g/mol. The molecule has 206 valence electrons. The number of rotatable bonds is 8. The third-order valence-corrected chi connectivity index (χ3v) is 6.44. The van der Waals surface area contributed by atoms with Crippen molar-refractivity contribution >= 4 is 11.9 Å². The van der Waals surface area contributed by atoms with Gasteiger partial charge in [-0.25, -0.2) is 9.59 Å². The predicted molar refractivity (Wildman–Crippen MR) is 142 cm³/mol. The lowest BCUT2D eigenvalue weighted by atomic mass is 9.95. The van der Waals surface area contributed by atoms with Crippen LogP contribution in [-0.4, -0.2) is 56.8 Å². The van der Waals surface area contributed by atoms with E-state index in [1.807, 2.05) is 13.8 Å². The smallest absolute Gasteiger partial charge is 0.336 e. The van der Waals surface area contributed by atoms with E-state index < -0.39 is 23.4 Å². The fourth-order valence-electron chi connectivity index (χ4n) is 4.09. The topological polar surface area (TPSA) is 159 Å². The average molecular weight is 547 g/mol. The van der Waals surface area contributed by atoms with E-state index in [4.69, 9.17) is 18.9 Å². The Morgan fingerprint density at radius 3 is 1.27 bits per heavy atom. The number of carbonyl (C=O) groups excluding carboxylic acids is 2. The van der Waals surface area contributed by atoms with Crippen molar-refractivity contribution in [1.82, 2.24) is 0 Å². The normalized spacial score (nSPS) is 21.4. The van der Waals surface area contributed by atoms with Crippen molar-refractivity contribution in [2.75, 3.05) is 0 Å². The van der Waals surface area contributed by atoms with Crippen LogP contribution in [0.1, 0.15) is 13.8 Å². The number of carbonyl (C=O) groups is 2. The molecule has 0 aliphatic carbocycles. The number of hydrogen-bond donors (Lipinski definition) is 4. The summed E-state index contributed by atoms with van der Waals surface area (Å²) < 4.78 is 21.9. The minimum absolute atomic E-state index is 0.0445. The van der Waals surface area contributed by atoms with Crippen molar-refractivity contribution < 1.29 is 49.0 Å². The van der Waals surface area contributed by atoms with Crippen LogP contribution in [-0.2, 0) is 19.1 Å². The van der Waals surface area contributed by atoms with Gasteiger partial charge in [-0.1, -0.05) is 24.3 Å². The molecule has 3 aromatic carbocycles. The van der Waals surface area contributed by atoms with Crippen LogP contribution in [0.2, 0.25) is 0 Å². The zero-order valence-corrected chi connectivity index (χ0v) is 21.5. The van der Waals surface area contributed by atoms with E-state index in [9.17, 15) is 30.0 Å². The highest BCUT2D eigenvalue weighted by molar-refractivity contribution is 5.98. The summed E-state index contributed by atoms with van der Waals surface area (Å²) in [5.74, 6) is -3.92. The Labute approximate surface area is 228 Å². The van der Waals surface area contributed by atoms with E-state index in [-0.39, 0.29) is 69.7 Å². The standard InChI is InChI=1S/C30H26O10/c1-15-21(37-15)11-13-23(33)39-29-25(17-3-7-19(31)8-4-17)27(35)28(36)26(18-5-9-20(32)10-6-18)30(29)40-24(34)14-12-22-16(2)38-22/h3-16,21-22,31-32,35-36H,1-2H3/b13-11-,14-12-/t15-,16+,21-,22+. The fourth-order valence-corrected chi connectivity index (χ4v) is 4.09. The highest BCUT2D eigenvalue weighted by Crippen LogP contribution is 2.56. The lowest BCUT2D eigenvalue weighted by molar-refractivity contribution is -0.131. The summed E-state index contributed by atoms with van der Waals surface area (Å²) in [5, 5.41) is 41.9. The molecule has 0 amide bonds. The van der Waals surface area contributed by atoms with E-state index in [0.29, 0.717) is 0 Å². The summed E-state index contributed by atoms with van der Waals surface area (Å²) >= 11 is 0. The van der Waals surface area contributed by atoms with Crippen LogP contribution in [0.25, 0.3) is 22.3 Å². The van der Waals surface area contributed by atoms with Crippen LogP contribution in [0.5, 0.6) is 34.5 Å². The number of ether oxygens (including phenoxy) is 4. The van der Waals surface area contributed by atoms with Gasteiger partial charge in [-0.05, 0) is 61.4 Å². The minimum atomic E-state index is -0.863. The SMILES string of the molecule is C[C@@H]1O[C@H]1/C=C\C(=O)Oc1c(OC(=O)/C=C\[C@H]2O[C@@H]2C)c(-c2ccc(O)cc2)c(O)c(O)c1-c1ccc(O)cc1. The first kappa shape index (κ1) is 26.8. The molecule has 4 N–H and O–H groups in total. The Morgan fingerprint density at radius 1 is 0.650 bits per heavy atom. The zero-order valence-electron chi connectivity index (χ0n) is 21.5. The van der Waals surface area contributed by atoms with Crippen LogP contribution < -0.4 is 9.47 Å². The summed E-state index contributed by atoms with van der Waals surface area (Å²) in [7, 11) is 0. The molecule has 0 radical (unpaired) electrons. The fraction of sp³-hybridized carbons (Fsp3) is 0.200. The van der Waals surface area contributed by atoms with Gasteiger partial charge in [-0.3, -0.25) is 0 Å². The highest BCUT2D eigenvalue weighted by Gasteiger charge is 2.34. The largest absolute Gasteiger partial charge is 0.508 e. The van der Waals surface area contributed by atoms with Crippen LogP contribution in [0, 0.1) is 0 Å². The maximum absolute atomic E-state index is 12.9. The van der Waals surface area contributed by atoms with Gasteiger partial charge in [0.2, 0.25) is 0 Å². The molecule has 2 heterocycles.